The molecule has 0 saturated heterocycles. The van der Waals surface area contributed by atoms with Crippen LogP contribution in [0.4, 0.5) is 5.69 Å². The Morgan fingerprint density at radius 3 is 3.00 bits per heavy atom. The SMILES string of the molecule is CC1C(=O)N=C2NCc3c(ccc(Cl)c3Cl)N21. The molecule has 1 aromatic rings. The molecule has 1 N–H and O–H groups in total. The van der Waals surface area contributed by atoms with Crippen LogP contribution < -0.4 is 10.2 Å². The fourth-order valence-electron chi connectivity index (χ4n) is 2.14. The summed E-state index contributed by atoms with van der Waals surface area (Å²) in [4.78, 5) is 17.4. The molecule has 0 saturated carbocycles. The molecule has 0 aliphatic carbocycles. The Bertz CT molecular complexity index is 556. The van der Waals surface area contributed by atoms with Crippen LogP contribution in [0.1, 0.15) is 12.5 Å². The van der Waals surface area contributed by atoms with E-state index in [1.165, 1.54) is 0 Å². The van der Waals surface area contributed by atoms with E-state index in [0.717, 1.165) is 11.3 Å². The Morgan fingerprint density at radius 1 is 1.47 bits per heavy atom. The molecule has 3 rings (SSSR count). The fraction of sp³-hybridized carbons (Fsp3) is 0.273. The molecule has 0 fully saturated rings. The highest BCUT2D eigenvalue weighted by Crippen LogP contribution is 2.37. The zero-order valence-electron chi connectivity index (χ0n) is 9.00. The van der Waals surface area contributed by atoms with Crippen molar-refractivity contribution in [3.05, 3.63) is 27.7 Å². The summed E-state index contributed by atoms with van der Waals surface area (Å²) >= 11 is 12.1. The number of nitrogens with zero attached hydrogens (tertiary/aromatic N) is 2. The van der Waals surface area contributed by atoms with Crippen molar-refractivity contribution in [3.63, 3.8) is 0 Å². The number of rotatable bonds is 0. The second-order valence-corrected chi connectivity index (χ2v) is 4.82. The number of hydrogen-bond acceptors (Lipinski definition) is 3. The highest BCUT2D eigenvalue weighted by molar-refractivity contribution is 6.43. The van der Waals surface area contributed by atoms with E-state index in [9.17, 15) is 4.79 Å². The Hall–Kier alpha value is -1.26. The van der Waals surface area contributed by atoms with E-state index < -0.39 is 0 Å². The summed E-state index contributed by atoms with van der Waals surface area (Å²) in [6.45, 7) is 2.35. The molecule has 6 heteroatoms. The summed E-state index contributed by atoms with van der Waals surface area (Å²) in [5, 5.41) is 4.13. The van der Waals surface area contributed by atoms with E-state index in [1.807, 2.05) is 17.9 Å². The van der Waals surface area contributed by atoms with Crippen LogP contribution in [0, 0.1) is 0 Å². The number of fused-ring (bicyclic) bond motifs is 3. The molecule has 0 aromatic heterocycles. The van der Waals surface area contributed by atoms with Crippen molar-refractivity contribution in [1.82, 2.24) is 5.32 Å². The molecule has 2 aliphatic rings. The Kier molecular flexibility index (Phi) is 2.31. The van der Waals surface area contributed by atoms with E-state index in [2.05, 4.69) is 10.3 Å². The first-order valence-electron chi connectivity index (χ1n) is 5.22. The smallest absolute Gasteiger partial charge is 0.271 e. The number of aliphatic imine (C=N–C) groups is 1. The van der Waals surface area contributed by atoms with Gasteiger partial charge in [0.2, 0.25) is 5.96 Å². The van der Waals surface area contributed by atoms with Gasteiger partial charge in [0.25, 0.3) is 5.91 Å². The molecule has 2 heterocycles. The molecule has 88 valence electrons. The van der Waals surface area contributed by atoms with E-state index in [0.29, 0.717) is 22.5 Å². The second kappa shape index (κ2) is 3.62. The van der Waals surface area contributed by atoms with Gasteiger partial charge in [0.1, 0.15) is 6.04 Å². The number of nitrogens with one attached hydrogen (secondary N) is 1. The lowest BCUT2D eigenvalue weighted by atomic mass is 10.1. The molecule has 0 radical (unpaired) electrons. The molecular weight excluding hydrogens is 261 g/mol. The number of amides is 1. The quantitative estimate of drug-likeness (QED) is 0.786. The summed E-state index contributed by atoms with van der Waals surface area (Å²) in [6.07, 6.45) is 0. The largest absolute Gasteiger partial charge is 0.351 e. The minimum Gasteiger partial charge on any atom is -0.351 e. The van der Waals surface area contributed by atoms with E-state index in [-0.39, 0.29) is 11.9 Å². The third kappa shape index (κ3) is 1.44. The normalized spacial score (nSPS) is 21.8. The predicted molar refractivity (Wildman–Crippen MR) is 67.7 cm³/mol. The van der Waals surface area contributed by atoms with Crippen LogP contribution in [0.2, 0.25) is 10.0 Å². The van der Waals surface area contributed by atoms with Crippen molar-refractivity contribution in [2.45, 2.75) is 19.5 Å². The van der Waals surface area contributed by atoms with Gasteiger partial charge in [-0.3, -0.25) is 9.69 Å². The zero-order chi connectivity index (χ0) is 12.2. The van der Waals surface area contributed by atoms with Crippen molar-refractivity contribution >= 4 is 40.8 Å². The van der Waals surface area contributed by atoms with Crippen molar-refractivity contribution in [3.8, 4) is 0 Å². The van der Waals surface area contributed by atoms with Gasteiger partial charge in [-0.2, -0.15) is 4.99 Å². The number of hydrogen-bond donors (Lipinski definition) is 1. The number of carbonyl (C=O) groups is 1. The summed E-state index contributed by atoms with van der Waals surface area (Å²) in [5.41, 5.74) is 1.80. The molecule has 2 aliphatic heterocycles. The van der Waals surface area contributed by atoms with Gasteiger partial charge in [0.15, 0.2) is 0 Å². The van der Waals surface area contributed by atoms with Crippen LogP contribution in [0.3, 0.4) is 0 Å². The monoisotopic (exact) mass is 269 g/mol. The molecule has 0 spiro atoms. The zero-order valence-corrected chi connectivity index (χ0v) is 10.5. The van der Waals surface area contributed by atoms with Crippen molar-refractivity contribution in [2.75, 3.05) is 4.90 Å². The Labute approximate surface area is 108 Å². The Morgan fingerprint density at radius 2 is 2.24 bits per heavy atom. The first-order chi connectivity index (χ1) is 8.09. The fourth-order valence-corrected chi connectivity index (χ4v) is 2.54. The van der Waals surface area contributed by atoms with Gasteiger partial charge >= 0.3 is 0 Å². The van der Waals surface area contributed by atoms with Gasteiger partial charge in [0, 0.05) is 12.1 Å². The van der Waals surface area contributed by atoms with Crippen molar-refractivity contribution in [1.29, 1.82) is 0 Å². The lowest BCUT2D eigenvalue weighted by molar-refractivity contribution is -0.117. The summed E-state index contributed by atoms with van der Waals surface area (Å²) in [5.74, 6) is 0.444. The van der Waals surface area contributed by atoms with Crippen LogP contribution >= 0.6 is 23.2 Å². The average molecular weight is 270 g/mol. The van der Waals surface area contributed by atoms with Crippen LogP contribution in [0.25, 0.3) is 0 Å². The molecule has 1 atom stereocenters. The predicted octanol–water partition coefficient (Wildman–Crippen LogP) is 2.19. The first-order valence-corrected chi connectivity index (χ1v) is 5.97. The van der Waals surface area contributed by atoms with Gasteiger partial charge in [-0.25, -0.2) is 0 Å². The summed E-state index contributed by atoms with van der Waals surface area (Å²) < 4.78 is 0. The minimum absolute atomic E-state index is 0.147. The molecule has 0 bridgehead atoms. The molecule has 17 heavy (non-hydrogen) atoms. The van der Waals surface area contributed by atoms with Gasteiger partial charge < -0.3 is 5.32 Å². The third-order valence-electron chi connectivity index (χ3n) is 3.04. The van der Waals surface area contributed by atoms with Gasteiger partial charge in [-0.15, -0.1) is 0 Å². The van der Waals surface area contributed by atoms with E-state index >= 15 is 0 Å². The lowest BCUT2D eigenvalue weighted by Gasteiger charge is -2.32. The number of halogens is 2. The van der Waals surface area contributed by atoms with Gasteiger partial charge in [0.05, 0.1) is 15.7 Å². The van der Waals surface area contributed by atoms with E-state index in [4.69, 9.17) is 23.2 Å². The highest BCUT2D eigenvalue weighted by atomic mass is 35.5. The number of carbonyl (C=O) groups excluding carboxylic acids is 1. The summed E-state index contributed by atoms with van der Waals surface area (Å²) in [7, 11) is 0. The van der Waals surface area contributed by atoms with Gasteiger partial charge in [-0.1, -0.05) is 23.2 Å². The topological polar surface area (TPSA) is 44.7 Å². The number of guanidine groups is 1. The van der Waals surface area contributed by atoms with Crippen LogP contribution in [-0.4, -0.2) is 17.9 Å². The van der Waals surface area contributed by atoms with Crippen molar-refractivity contribution < 1.29 is 4.79 Å². The van der Waals surface area contributed by atoms with Crippen molar-refractivity contribution in [2.24, 2.45) is 4.99 Å². The third-order valence-corrected chi connectivity index (χ3v) is 3.89. The maximum Gasteiger partial charge on any atom is 0.271 e. The average Bonchev–Trinajstić information content (AvgIpc) is 2.60. The van der Waals surface area contributed by atoms with E-state index in [1.54, 1.807) is 6.07 Å². The first kappa shape index (κ1) is 10.9. The molecule has 1 unspecified atom stereocenters. The highest BCUT2D eigenvalue weighted by Gasteiger charge is 2.37. The minimum atomic E-state index is -0.297. The Balaban J connectivity index is 2.18. The summed E-state index contributed by atoms with van der Waals surface area (Å²) in [6, 6.07) is 3.31. The van der Waals surface area contributed by atoms with Crippen LogP contribution in [-0.2, 0) is 11.3 Å². The number of anilines is 1. The molecule has 4 nitrogen and oxygen atoms in total. The lowest BCUT2D eigenvalue weighted by Crippen LogP contribution is -2.46. The standard InChI is InChI=1S/C11H9Cl2N3O/c1-5-10(17)15-11-14-4-6-8(16(5)11)3-2-7(12)9(6)13/h2-3,5H,4H2,1H3,(H,14,15,17). The van der Waals surface area contributed by atoms with Gasteiger partial charge in [-0.05, 0) is 19.1 Å². The molecular formula is C11H9Cl2N3O. The second-order valence-electron chi connectivity index (χ2n) is 4.03. The molecule has 1 amide bonds. The number of benzene rings is 1. The molecule has 1 aromatic carbocycles. The maximum atomic E-state index is 11.6. The maximum absolute atomic E-state index is 11.6. The van der Waals surface area contributed by atoms with Crippen LogP contribution in [0.5, 0.6) is 0 Å². The van der Waals surface area contributed by atoms with Crippen LogP contribution in [0.15, 0.2) is 17.1 Å².